The van der Waals surface area contributed by atoms with Gasteiger partial charge in [-0.05, 0) is 31.2 Å². The summed E-state index contributed by atoms with van der Waals surface area (Å²) >= 11 is 0. The number of hydrogen-bond acceptors (Lipinski definition) is 7. The number of amides is 1. The number of H-pyrrole nitrogens is 1. The van der Waals surface area contributed by atoms with Crippen LogP contribution in [0.25, 0.3) is 0 Å². The lowest BCUT2D eigenvalue weighted by atomic mass is 10.2. The predicted molar refractivity (Wildman–Crippen MR) is 112 cm³/mol. The SMILES string of the molecule is Cc1nc(Nc2cc(CC(=O)Nc3ccccc3)[nH]n2)nc(Oc2ccccc2)n1. The molecule has 2 aromatic heterocycles. The Balaban J connectivity index is 1.40. The van der Waals surface area contributed by atoms with Crippen molar-refractivity contribution in [3.8, 4) is 11.8 Å². The zero-order valence-electron chi connectivity index (χ0n) is 16.2. The highest BCUT2D eigenvalue weighted by Gasteiger charge is 2.11. The zero-order valence-corrected chi connectivity index (χ0v) is 16.2. The van der Waals surface area contributed by atoms with E-state index in [1.807, 2.05) is 60.7 Å². The number of carbonyl (C=O) groups is 1. The molecule has 2 aromatic carbocycles. The molecule has 0 saturated heterocycles. The summed E-state index contributed by atoms with van der Waals surface area (Å²) in [5.41, 5.74) is 1.39. The van der Waals surface area contributed by atoms with E-state index in [1.165, 1.54) is 0 Å². The Bertz CT molecular complexity index is 1130. The molecule has 0 unspecified atom stereocenters. The van der Waals surface area contributed by atoms with E-state index in [9.17, 15) is 4.79 Å². The van der Waals surface area contributed by atoms with Crippen molar-refractivity contribution in [1.82, 2.24) is 25.1 Å². The number of aromatic amines is 1. The highest BCUT2D eigenvalue weighted by atomic mass is 16.5. The first kappa shape index (κ1) is 19.1. The first-order valence-corrected chi connectivity index (χ1v) is 9.26. The van der Waals surface area contributed by atoms with Gasteiger partial charge in [0.25, 0.3) is 0 Å². The number of ether oxygens (including phenoxy) is 1. The lowest BCUT2D eigenvalue weighted by Gasteiger charge is -2.06. The van der Waals surface area contributed by atoms with E-state index in [1.54, 1.807) is 13.0 Å². The van der Waals surface area contributed by atoms with Gasteiger partial charge in [-0.15, -0.1) is 0 Å². The topological polar surface area (TPSA) is 118 Å². The molecule has 0 radical (unpaired) electrons. The van der Waals surface area contributed by atoms with Gasteiger partial charge in [-0.3, -0.25) is 9.89 Å². The molecule has 9 heteroatoms. The molecule has 0 aliphatic carbocycles. The molecule has 4 aromatic rings. The van der Waals surface area contributed by atoms with Crippen LogP contribution in [-0.4, -0.2) is 31.1 Å². The Hall–Kier alpha value is -4.27. The van der Waals surface area contributed by atoms with Gasteiger partial charge in [-0.2, -0.15) is 20.1 Å². The lowest BCUT2D eigenvalue weighted by Crippen LogP contribution is -2.14. The quantitative estimate of drug-likeness (QED) is 0.433. The predicted octanol–water partition coefficient (Wildman–Crippen LogP) is 3.62. The van der Waals surface area contributed by atoms with Crippen LogP contribution in [0.1, 0.15) is 11.5 Å². The molecule has 0 atom stereocenters. The number of rotatable bonds is 7. The second kappa shape index (κ2) is 8.82. The molecule has 0 aliphatic rings. The third kappa shape index (κ3) is 5.16. The van der Waals surface area contributed by atoms with Crippen LogP contribution in [0.15, 0.2) is 66.7 Å². The van der Waals surface area contributed by atoms with Crippen molar-refractivity contribution in [3.63, 3.8) is 0 Å². The highest BCUT2D eigenvalue weighted by Crippen LogP contribution is 2.19. The van der Waals surface area contributed by atoms with Crippen molar-refractivity contribution in [1.29, 1.82) is 0 Å². The summed E-state index contributed by atoms with van der Waals surface area (Å²) in [4.78, 5) is 24.9. The summed E-state index contributed by atoms with van der Waals surface area (Å²) in [6.07, 6.45) is 0.155. The van der Waals surface area contributed by atoms with E-state index < -0.39 is 0 Å². The molecule has 0 spiro atoms. The minimum atomic E-state index is -0.147. The molecule has 0 saturated carbocycles. The van der Waals surface area contributed by atoms with Gasteiger partial charge >= 0.3 is 6.01 Å². The Kier molecular flexibility index (Phi) is 5.61. The van der Waals surface area contributed by atoms with E-state index in [2.05, 4.69) is 35.8 Å². The number of nitrogens with zero attached hydrogens (tertiary/aromatic N) is 4. The maximum atomic E-state index is 12.2. The van der Waals surface area contributed by atoms with Crippen LogP contribution in [-0.2, 0) is 11.2 Å². The molecule has 9 nitrogen and oxygen atoms in total. The standard InChI is InChI=1S/C21H19N7O2/c1-14-22-20(26-21(23-14)30-17-10-6-3-7-11-17)25-18-12-16(27-28-18)13-19(29)24-15-8-4-2-5-9-15/h2-12H,13H2,1H3,(H,24,29)(H2,22,23,25,26,27,28). The van der Waals surface area contributed by atoms with E-state index in [-0.39, 0.29) is 18.3 Å². The highest BCUT2D eigenvalue weighted by molar-refractivity contribution is 5.92. The van der Waals surface area contributed by atoms with Crippen molar-refractivity contribution >= 4 is 23.4 Å². The third-order valence-electron chi connectivity index (χ3n) is 3.96. The summed E-state index contributed by atoms with van der Waals surface area (Å²) in [6.45, 7) is 1.74. The monoisotopic (exact) mass is 401 g/mol. The number of anilines is 3. The molecule has 150 valence electrons. The second-order valence-corrected chi connectivity index (χ2v) is 6.40. The summed E-state index contributed by atoms with van der Waals surface area (Å²) in [6, 6.07) is 20.4. The molecule has 0 bridgehead atoms. The first-order valence-electron chi connectivity index (χ1n) is 9.26. The number of benzene rings is 2. The fourth-order valence-electron chi connectivity index (χ4n) is 2.68. The molecule has 0 aliphatic heterocycles. The molecule has 4 rings (SSSR count). The van der Waals surface area contributed by atoms with Gasteiger partial charge in [0.2, 0.25) is 11.9 Å². The average molecular weight is 401 g/mol. The molecule has 2 heterocycles. The second-order valence-electron chi connectivity index (χ2n) is 6.40. The number of aromatic nitrogens is 5. The Morgan fingerprint density at radius 1 is 1.00 bits per heavy atom. The largest absolute Gasteiger partial charge is 0.424 e. The number of para-hydroxylation sites is 2. The van der Waals surface area contributed by atoms with Crippen LogP contribution < -0.4 is 15.4 Å². The van der Waals surface area contributed by atoms with Crippen molar-refractivity contribution < 1.29 is 9.53 Å². The average Bonchev–Trinajstić information content (AvgIpc) is 3.15. The van der Waals surface area contributed by atoms with E-state index in [4.69, 9.17) is 4.74 Å². The Morgan fingerprint density at radius 2 is 1.73 bits per heavy atom. The maximum absolute atomic E-state index is 12.2. The van der Waals surface area contributed by atoms with Crippen LogP contribution in [0.3, 0.4) is 0 Å². The van der Waals surface area contributed by atoms with Gasteiger partial charge in [0, 0.05) is 17.4 Å². The van der Waals surface area contributed by atoms with Crippen LogP contribution in [0.2, 0.25) is 0 Å². The van der Waals surface area contributed by atoms with Crippen molar-refractivity contribution in [2.24, 2.45) is 0 Å². The lowest BCUT2D eigenvalue weighted by molar-refractivity contribution is -0.115. The van der Waals surface area contributed by atoms with E-state index in [0.717, 1.165) is 5.69 Å². The smallest absolute Gasteiger partial charge is 0.327 e. The number of hydrogen-bond donors (Lipinski definition) is 3. The van der Waals surface area contributed by atoms with Crippen molar-refractivity contribution in [2.75, 3.05) is 10.6 Å². The minimum Gasteiger partial charge on any atom is -0.424 e. The van der Waals surface area contributed by atoms with Gasteiger partial charge < -0.3 is 15.4 Å². The number of nitrogens with one attached hydrogen (secondary N) is 3. The summed E-state index contributed by atoms with van der Waals surface area (Å²) in [5, 5.41) is 12.8. The van der Waals surface area contributed by atoms with E-state index in [0.29, 0.717) is 29.0 Å². The Labute approximate surface area is 172 Å². The molecule has 30 heavy (non-hydrogen) atoms. The number of aryl methyl sites for hydroxylation is 1. The molecular formula is C21H19N7O2. The van der Waals surface area contributed by atoms with Crippen molar-refractivity contribution in [3.05, 3.63) is 78.2 Å². The molecule has 1 amide bonds. The van der Waals surface area contributed by atoms with Gasteiger partial charge in [0.15, 0.2) is 5.82 Å². The van der Waals surface area contributed by atoms with E-state index >= 15 is 0 Å². The Morgan fingerprint density at radius 3 is 2.50 bits per heavy atom. The molecule has 0 fully saturated rings. The zero-order chi connectivity index (χ0) is 20.8. The van der Waals surface area contributed by atoms with Gasteiger partial charge in [0.05, 0.1) is 6.42 Å². The maximum Gasteiger partial charge on any atom is 0.327 e. The fraction of sp³-hybridized carbons (Fsp3) is 0.0952. The number of carbonyl (C=O) groups excluding carboxylic acids is 1. The van der Waals surface area contributed by atoms with Crippen LogP contribution >= 0.6 is 0 Å². The molecule has 3 N–H and O–H groups in total. The summed E-state index contributed by atoms with van der Waals surface area (Å²) in [5.74, 6) is 1.75. The normalized spacial score (nSPS) is 10.4. The molecular weight excluding hydrogens is 382 g/mol. The van der Waals surface area contributed by atoms with Gasteiger partial charge in [-0.1, -0.05) is 36.4 Å². The van der Waals surface area contributed by atoms with Crippen LogP contribution in [0.5, 0.6) is 11.8 Å². The fourth-order valence-corrected chi connectivity index (χ4v) is 2.68. The first-order chi connectivity index (χ1) is 14.6. The van der Waals surface area contributed by atoms with Crippen LogP contribution in [0, 0.1) is 6.92 Å². The third-order valence-corrected chi connectivity index (χ3v) is 3.96. The van der Waals surface area contributed by atoms with Gasteiger partial charge in [0.1, 0.15) is 11.6 Å². The van der Waals surface area contributed by atoms with Crippen LogP contribution in [0.4, 0.5) is 17.5 Å². The summed E-state index contributed by atoms with van der Waals surface area (Å²) < 4.78 is 5.67. The van der Waals surface area contributed by atoms with Gasteiger partial charge in [-0.25, -0.2) is 0 Å². The minimum absolute atomic E-state index is 0.147. The summed E-state index contributed by atoms with van der Waals surface area (Å²) in [7, 11) is 0. The van der Waals surface area contributed by atoms with Crippen molar-refractivity contribution in [2.45, 2.75) is 13.3 Å².